The first-order valence-corrected chi connectivity index (χ1v) is 9.48. The standard InChI is InChI=1S/C17H18F2N2O4S/c1-26(23,24)21-15-5-3-2-4-13(15)11-20-16(22)10-12-6-8-14(9-7-12)25-17(18)19/h2-9,17,21H,10-11H2,1H3,(H,20,22). The molecule has 1 amide bonds. The van der Waals surface area contributed by atoms with Crippen molar-refractivity contribution in [2.75, 3.05) is 11.0 Å². The summed E-state index contributed by atoms with van der Waals surface area (Å²) in [6.07, 6.45) is 1.10. The van der Waals surface area contributed by atoms with Gasteiger partial charge in [-0.3, -0.25) is 9.52 Å². The molecule has 0 bridgehead atoms. The van der Waals surface area contributed by atoms with Gasteiger partial charge < -0.3 is 10.1 Å². The molecule has 2 N–H and O–H groups in total. The first-order valence-electron chi connectivity index (χ1n) is 7.59. The summed E-state index contributed by atoms with van der Waals surface area (Å²) in [7, 11) is -3.43. The molecule has 0 atom stereocenters. The highest BCUT2D eigenvalue weighted by Crippen LogP contribution is 2.17. The van der Waals surface area contributed by atoms with Crippen LogP contribution in [0.5, 0.6) is 5.75 Å². The summed E-state index contributed by atoms with van der Waals surface area (Å²) in [6.45, 7) is -2.76. The molecule has 0 aromatic heterocycles. The number of carbonyl (C=O) groups is 1. The van der Waals surface area contributed by atoms with Crippen molar-refractivity contribution in [3.63, 3.8) is 0 Å². The molecule has 9 heteroatoms. The van der Waals surface area contributed by atoms with Gasteiger partial charge in [0, 0.05) is 6.54 Å². The van der Waals surface area contributed by atoms with Crippen LogP contribution in [0.2, 0.25) is 0 Å². The number of hydrogen-bond acceptors (Lipinski definition) is 4. The lowest BCUT2D eigenvalue weighted by molar-refractivity contribution is -0.120. The Hall–Kier alpha value is -2.68. The van der Waals surface area contributed by atoms with E-state index in [-0.39, 0.29) is 24.6 Å². The Morgan fingerprint density at radius 2 is 1.77 bits per heavy atom. The van der Waals surface area contributed by atoms with Crippen molar-refractivity contribution in [1.29, 1.82) is 0 Å². The molecule has 2 aromatic rings. The number of halogens is 2. The van der Waals surface area contributed by atoms with E-state index in [0.717, 1.165) is 6.26 Å². The van der Waals surface area contributed by atoms with Gasteiger partial charge in [-0.15, -0.1) is 0 Å². The van der Waals surface area contributed by atoms with E-state index in [1.54, 1.807) is 24.3 Å². The van der Waals surface area contributed by atoms with Gasteiger partial charge in [0.15, 0.2) is 0 Å². The van der Waals surface area contributed by atoms with E-state index in [9.17, 15) is 22.0 Å². The second-order valence-corrected chi connectivity index (χ2v) is 7.26. The number of ether oxygens (including phenoxy) is 1. The molecule has 0 radical (unpaired) electrons. The molecule has 0 saturated heterocycles. The molecule has 2 aromatic carbocycles. The second-order valence-electron chi connectivity index (χ2n) is 5.51. The van der Waals surface area contributed by atoms with Crippen LogP contribution in [0.1, 0.15) is 11.1 Å². The Labute approximate surface area is 150 Å². The lowest BCUT2D eigenvalue weighted by Crippen LogP contribution is -2.25. The predicted molar refractivity (Wildman–Crippen MR) is 93.5 cm³/mol. The van der Waals surface area contributed by atoms with Crippen LogP contribution < -0.4 is 14.8 Å². The third-order valence-electron chi connectivity index (χ3n) is 3.30. The topological polar surface area (TPSA) is 84.5 Å². The van der Waals surface area contributed by atoms with Crippen molar-refractivity contribution in [3.8, 4) is 5.75 Å². The number of rotatable bonds is 8. The zero-order valence-corrected chi connectivity index (χ0v) is 14.7. The summed E-state index contributed by atoms with van der Waals surface area (Å²) in [6, 6.07) is 12.5. The highest BCUT2D eigenvalue weighted by molar-refractivity contribution is 7.92. The Morgan fingerprint density at radius 1 is 1.12 bits per heavy atom. The minimum atomic E-state index is -3.43. The Balaban J connectivity index is 1.93. The van der Waals surface area contributed by atoms with Crippen LogP contribution in [-0.2, 0) is 27.8 Å². The number of amides is 1. The number of nitrogens with one attached hydrogen (secondary N) is 2. The molecule has 0 saturated carbocycles. The van der Waals surface area contributed by atoms with Gasteiger partial charge in [0.2, 0.25) is 15.9 Å². The quantitative estimate of drug-likeness (QED) is 0.733. The predicted octanol–water partition coefficient (Wildman–Crippen LogP) is 2.52. The lowest BCUT2D eigenvalue weighted by Gasteiger charge is -2.12. The lowest BCUT2D eigenvalue weighted by atomic mass is 10.1. The zero-order valence-electron chi connectivity index (χ0n) is 13.9. The van der Waals surface area contributed by atoms with Gasteiger partial charge in [0.25, 0.3) is 0 Å². The number of hydrogen-bond donors (Lipinski definition) is 2. The van der Waals surface area contributed by atoms with Crippen LogP contribution in [0.25, 0.3) is 0 Å². The third-order valence-corrected chi connectivity index (χ3v) is 3.89. The van der Waals surface area contributed by atoms with Crippen LogP contribution in [0.3, 0.4) is 0 Å². The van der Waals surface area contributed by atoms with Crippen molar-refractivity contribution in [2.45, 2.75) is 19.6 Å². The van der Waals surface area contributed by atoms with Crippen LogP contribution in [0.15, 0.2) is 48.5 Å². The first-order chi connectivity index (χ1) is 12.2. The molecule has 0 heterocycles. The van der Waals surface area contributed by atoms with Gasteiger partial charge in [-0.05, 0) is 29.3 Å². The van der Waals surface area contributed by atoms with Crippen LogP contribution >= 0.6 is 0 Å². The number of carbonyl (C=O) groups excluding carboxylic acids is 1. The normalized spacial score (nSPS) is 11.2. The van der Waals surface area contributed by atoms with Gasteiger partial charge >= 0.3 is 6.61 Å². The molecule has 0 spiro atoms. The average Bonchev–Trinajstić information content (AvgIpc) is 2.54. The smallest absolute Gasteiger partial charge is 0.387 e. The van der Waals surface area contributed by atoms with E-state index < -0.39 is 16.6 Å². The minimum Gasteiger partial charge on any atom is -0.435 e. The summed E-state index contributed by atoms with van der Waals surface area (Å²) in [4.78, 5) is 12.0. The number of sulfonamides is 1. The second kappa shape index (κ2) is 8.61. The Bertz CT molecular complexity index is 855. The van der Waals surface area contributed by atoms with Crippen molar-refractivity contribution in [1.82, 2.24) is 5.32 Å². The van der Waals surface area contributed by atoms with Gasteiger partial charge in [0.1, 0.15) is 5.75 Å². The summed E-state index contributed by atoms with van der Waals surface area (Å²) in [5.74, 6) is -0.272. The van der Waals surface area contributed by atoms with Gasteiger partial charge in [-0.25, -0.2) is 8.42 Å². The van der Waals surface area contributed by atoms with Crippen molar-refractivity contribution < 1.29 is 26.7 Å². The molecule has 0 aliphatic heterocycles. The van der Waals surface area contributed by atoms with E-state index >= 15 is 0 Å². The monoisotopic (exact) mass is 384 g/mol. The third kappa shape index (κ3) is 6.67. The molecule has 0 aliphatic rings. The Morgan fingerprint density at radius 3 is 2.38 bits per heavy atom. The van der Waals surface area contributed by atoms with Gasteiger partial charge in [-0.2, -0.15) is 8.78 Å². The summed E-state index contributed by atoms with van der Waals surface area (Å²) in [5, 5.41) is 2.70. The molecule has 0 fully saturated rings. The molecular formula is C17H18F2N2O4S. The van der Waals surface area contributed by atoms with Gasteiger partial charge in [0.05, 0.1) is 18.4 Å². The average molecular weight is 384 g/mol. The largest absolute Gasteiger partial charge is 0.435 e. The van der Waals surface area contributed by atoms with E-state index in [1.807, 2.05) is 0 Å². The maximum atomic E-state index is 12.1. The number of benzene rings is 2. The van der Waals surface area contributed by atoms with Crippen molar-refractivity contribution in [2.24, 2.45) is 0 Å². The maximum absolute atomic E-state index is 12.1. The number of alkyl halides is 2. The van der Waals surface area contributed by atoms with E-state index in [0.29, 0.717) is 16.8 Å². The van der Waals surface area contributed by atoms with Crippen LogP contribution in [-0.4, -0.2) is 27.2 Å². The highest BCUT2D eigenvalue weighted by atomic mass is 32.2. The molecule has 26 heavy (non-hydrogen) atoms. The van der Waals surface area contributed by atoms with Crippen LogP contribution in [0.4, 0.5) is 14.5 Å². The first kappa shape index (κ1) is 19.6. The summed E-state index contributed by atoms with van der Waals surface area (Å²) >= 11 is 0. The maximum Gasteiger partial charge on any atom is 0.387 e. The zero-order chi connectivity index (χ0) is 19.2. The fraction of sp³-hybridized carbons (Fsp3) is 0.235. The molecule has 140 valence electrons. The Kier molecular flexibility index (Phi) is 6.51. The van der Waals surface area contributed by atoms with Gasteiger partial charge in [-0.1, -0.05) is 30.3 Å². The fourth-order valence-electron chi connectivity index (χ4n) is 2.20. The number of para-hydroxylation sites is 1. The molecule has 2 rings (SSSR count). The summed E-state index contributed by atoms with van der Waals surface area (Å²) in [5.41, 5.74) is 1.64. The van der Waals surface area contributed by atoms with E-state index in [1.165, 1.54) is 24.3 Å². The van der Waals surface area contributed by atoms with E-state index in [2.05, 4.69) is 14.8 Å². The molecule has 6 nitrogen and oxygen atoms in total. The minimum absolute atomic E-state index is 0.0185. The molecular weight excluding hydrogens is 366 g/mol. The molecule has 0 unspecified atom stereocenters. The number of anilines is 1. The highest BCUT2D eigenvalue weighted by Gasteiger charge is 2.09. The van der Waals surface area contributed by atoms with Crippen LogP contribution in [0, 0.1) is 0 Å². The molecule has 0 aliphatic carbocycles. The summed E-state index contributed by atoms with van der Waals surface area (Å²) < 4.78 is 53.6. The van der Waals surface area contributed by atoms with Crippen molar-refractivity contribution >= 4 is 21.6 Å². The fourth-order valence-corrected chi connectivity index (χ4v) is 2.80. The SMILES string of the molecule is CS(=O)(=O)Nc1ccccc1CNC(=O)Cc1ccc(OC(F)F)cc1. The van der Waals surface area contributed by atoms with E-state index in [4.69, 9.17) is 0 Å². The van der Waals surface area contributed by atoms with Crippen molar-refractivity contribution in [3.05, 3.63) is 59.7 Å².